The first-order valence-corrected chi connectivity index (χ1v) is 9.06. The molecule has 1 aromatic rings. The molecule has 1 aromatic carbocycles. The fraction of sp³-hybridized carbons (Fsp3) is 0.562. The predicted octanol–water partition coefficient (Wildman–Crippen LogP) is 2.39. The zero-order chi connectivity index (χ0) is 16.5. The van der Waals surface area contributed by atoms with E-state index < -0.39 is 10.0 Å². The molecule has 0 atom stereocenters. The predicted molar refractivity (Wildman–Crippen MR) is 86.2 cm³/mol. The number of rotatable bonds is 6. The number of nitrogens with one attached hydrogen (secondary N) is 1. The molecule has 1 aliphatic rings. The molecule has 1 N–H and O–H groups in total. The minimum absolute atomic E-state index is 0.0473. The van der Waals surface area contributed by atoms with Gasteiger partial charge in [0.15, 0.2) is 0 Å². The molecule has 122 valence electrons. The Morgan fingerprint density at radius 3 is 2.55 bits per heavy atom. The highest BCUT2D eigenvalue weighted by Gasteiger charge is 2.30. The van der Waals surface area contributed by atoms with E-state index in [0.29, 0.717) is 5.56 Å². The molecule has 5 nitrogen and oxygen atoms in total. The van der Waals surface area contributed by atoms with Crippen LogP contribution < -0.4 is 4.72 Å². The summed E-state index contributed by atoms with van der Waals surface area (Å²) in [5.41, 5.74) is 0.112. The molecule has 6 heteroatoms. The third kappa shape index (κ3) is 3.67. The molecule has 1 saturated carbocycles. The molecule has 0 saturated heterocycles. The van der Waals surface area contributed by atoms with Crippen LogP contribution in [0.1, 0.15) is 50.4 Å². The number of hydrogen-bond donors (Lipinski definition) is 1. The zero-order valence-corrected chi connectivity index (χ0v) is 14.4. The quantitative estimate of drug-likeness (QED) is 0.874. The summed E-state index contributed by atoms with van der Waals surface area (Å²) < 4.78 is 27.1. The minimum Gasteiger partial charge on any atom is -0.337 e. The highest BCUT2D eigenvalue weighted by molar-refractivity contribution is 7.89. The Hall–Kier alpha value is -1.40. The molecule has 0 bridgehead atoms. The summed E-state index contributed by atoms with van der Waals surface area (Å²) in [5, 5.41) is 0. The van der Waals surface area contributed by atoms with Gasteiger partial charge in [-0.3, -0.25) is 4.79 Å². The molecular weight excluding hydrogens is 300 g/mol. The molecule has 1 aliphatic carbocycles. The van der Waals surface area contributed by atoms with E-state index in [-0.39, 0.29) is 22.4 Å². The highest BCUT2D eigenvalue weighted by Crippen LogP contribution is 2.24. The number of sulfonamides is 1. The summed E-state index contributed by atoms with van der Waals surface area (Å²) >= 11 is 0. The summed E-state index contributed by atoms with van der Waals surface area (Å²) in [4.78, 5) is 14.4. The normalized spacial score (nSPS) is 15.6. The van der Waals surface area contributed by atoms with Crippen LogP contribution in [0.15, 0.2) is 29.2 Å². The van der Waals surface area contributed by atoms with Crippen molar-refractivity contribution in [2.75, 3.05) is 7.05 Å². The Balaban J connectivity index is 2.26. The van der Waals surface area contributed by atoms with Crippen LogP contribution in [0.25, 0.3) is 0 Å². The Morgan fingerprint density at radius 2 is 2.00 bits per heavy atom. The first kappa shape index (κ1) is 17.0. The molecule has 0 heterocycles. The second kappa shape index (κ2) is 6.01. The van der Waals surface area contributed by atoms with E-state index in [0.717, 1.165) is 19.3 Å². The molecular formula is C16H24N2O3S. The van der Waals surface area contributed by atoms with Crippen molar-refractivity contribution in [1.82, 2.24) is 9.62 Å². The molecule has 0 aliphatic heterocycles. The lowest BCUT2D eigenvalue weighted by Gasteiger charge is -2.35. The molecule has 0 radical (unpaired) electrons. The lowest BCUT2D eigenvalue weighted by molar-refractivity contribution is 0.0620. The van der Waals surface area contributed by atoms with E-state index >= 15 is 0 Å². The van der Waals surface area contributed by atoms with Crippen molar-refractivity contribution in [1.29, 1.82) is 0 Å². The second-order valence-electron chi connectivity index (χ2n) is 6.45. The Labute approximate surface area is 132 Å². The van der Waals surface area contributed by atoms with Gasteiger partial charge in [-0.05, 0) is 51.3 Å². The van der Waals surface area contributed by atoms with Crippen LogP contribution in [0.3, 0.4) is 0 Å². The number of benzene rings is 1. The number of amides is 1. The maximum Gasteiger partial charge on any atom is 0.254 e. The van der Waals surface area contributed by atoms with Crippen LogP contribution in [0.2, 0.25) is 0 Å². The van der Waals surface area contributed by atoms with E-state index in [1.807, 2.05) is 20.8 Å². The van der Waals surface area contributed by atoms with Crippen molar-refractivity contribution >= 4 is 15.9 Å². The van der Waals surface area contributed by atoms with Crippen LogP contribution >= 0.6 is 0 Å². The third-order valence-corrected chi connectivity index (χ3v) is 5.89. The van der Waals surface area contributed by atoms with Gasteiger partial charge in [0.05, 0.1) is 4.90 Å². The fourth-order valence-electron chi connectivity index (χ4n) is 1.99. The molecule has 1 fully saturated rings. The first-order valence-electron chi connectivity index (χ1n) is 7.58. The molecule has 22 heavy (non-hydrogen) atoms. The Bertz CT molecular complexity index is 664. The Morgan fingerprint density at radius 1 is 1.36 bits per heavy atom. The third-order valence-electron chi connectivity index (χ3n) is 4.37. The van der Waals surface area contributed by atoms with Crippen LogP contribution in [0.4, 0.5) is 0 Å². The maximum absolute atomic E-state index is 12.6. The minimum atomic E-state index is -3.54. The Kier molecular flexibility index (Phi) is 4.63. The first-order chi connectivity index (χ1) is 10.2. The van der Waals surface area contributed by atoms with Gasteiger partial charge in [-0.2, -0.15) is 0 Å². The molecule has 1 amide bonds. The number of carbonyl (C=O) groups is 1. The largest absolute Gasteiger partial charge is 0.337 e. The van der Waals surface area contributed by atoms with Crippen LogP contribution in [0.5, 0.6) is 0 Å². The summed E-state index contributed by atoms with van der Waals surface area (Å²) in [6.45, 7) is 5.99. The van der Waals surface area contributed by atoms with Crippen molar-refractivity contribution in [2.45, 2.75) is 56.5 Å². The van der Waals surface area contributed by atoms with E-state index in [1.165, 1.54) is 12.1 Å². The van der Waals surface area contributed by atoms with Gasteiger partial charge >= 0.3 is 0 Å². The van der Waals surface area contributed by atoms with Crippen LogP contribution in [-0.2, 0) is 10.0 Å². The van der Waals surface area contributed by atoms with Gasteiger partial charge < -0.3 is 4.90 Å². The number of carbonyl (C=O) groups excluding carboxylic acids is 1. The van der Waals surface area contributed by atoms with Crippen molar-refractivity contribution in [3.63, 3.8) is 0 Å². The SMILES string of the molecule is CCC(C)(C)N(C)C(=O)c1cccc(S(=O)(=O)NC2CC2)c1. The second-order valence-corrected chi connectivity index (χ2v) is 8.17. The van der Waals surface area contributed by atoms with Crippen molar-refractivity contribution in [3.05, 3.63) is 29.8 Å². The summed E-state index contributed by atoms with van der Waals surface area (Å²) in [7, 11) is -1.80. The van der Waals surface area contributed by atoms with Gasteiger partial charge in [0, 0.05) is 24.2 Å². The molecule has 0 unspecified atom stereocenters. The standard InChI is InChI=1S/C16H24N2O3S/c1-5-16(2,3)18(4)15(19)12-7-6-8-14(11-12)22(20,21)17-13-9-10-13/h6-8,11,13,17H,5,9-10H2,1-4H3. The van der Waals surface area contributed by atoms with Crippen LogP contribution in [-0.4, -0.2) is 37.9 Å². The number of nitrogens with zero attached hydrogens (tertiary/aromatic N) is 1. The smallest absolute Gasteiger partial charge is 0.254 e. The van der Waals surface area contributed by atoms with Gasteiger partial charge in [0.1, 0.15) is 0 Å². The van der Waals surface area contributed by atoms with Gasteiger partial charge in [-0.15, -0.1) is 0 Å². The van der Waals surface area contributed by atoms with E-state index in [2.05, 4.69) is 4.72 Å². The summed E-state index contributed by atoms with van der Waals surface area (Å²) in [6.07, 6.45) is 2.58. The zero-order valence-electron chi connectivity index (χ0n) is 13.6. The van der Waals surface area contributed by atoms with Gasteiger partial charge in [-0.1, -0.05) is 13.0 Å². The molecule has 2 rings (SSSR count). The van der Waals surface area contributed by atoms with E-state index in [9.17, 15) is 13.2 Å². The van der Waals surface area contributed by atoms with Crippen molar-refractivity contribution in [2.24, 2.45) is 0 Å². The van der Waals surface area contributed by atoms with E-state index in [1.54, 1.807) is 24.1 Å². The lowest BCUT2D eigenvalue weighted by Crippen LogP contribution is -2.44. The fourth-order valence-corrected chi connectivity index (χ4v) is 3.34. The summed E-state index contributed by atoms with van der Waals surface area (Å²) in [6, 6.07) is 6.29. The van der Waals surface area contributed by atoms with Crippen molar-refractivity contribution in [3.8, 4) is 0 Å². The lowest BCUT2D eigenvalue weighted by atomic mass is 9.99. The van der Waals surface area contributed by atoms with Gasteiger partial charge in [0.25, 0.3) is 5.91 Å². The van der Waals surface area contributed by atoms with E-state index in [4.69, 9.17) is 0 Å². The average molecular weight is 324 g/mol. The van der Waals surface area contributed by atoms with Crippen molar-refractivity contribution < 1.29 is 13.2 Å². The van der Waals surface area contributed by atoms with Gasteiger partial charge in [0.2, 0.25) is 10.0 Å². The molecule has 0 spiro atoms. The highest BCUT2D eigenvalue weighted by atomic mass is 32.2. The molecule has 0 aromatic heterocycles. The number of hydrogen-bond acceptors (Lipinski definition) is 3. The average Bonchev–Trinajstić information content (AvgIpc) is 3.29. The summed E-state index contributed by atoms with van der Waals surface area (Å²) in [5.74, 6) is -0.171. The van der Waals surface area contributed by atoms with Gasteiger partial charge in [-0.25, -0.2) is 13.1 Å². The topological polar surface area (TPSA) is 66.5 Å². The van der Waals surface area contributed by atoms with Crippen LogP contribution in [0, 0.1) is 0 Å². The maximum atomic E-state index is 12.6. The monoisotopic (exact) mass is 324 g/mol.